The van der Waals surface area contributed by atoms with Crippen LogP contribution in [0.2, 0.25) is 0 Å². The van der Waals surface area contributed by atoms with E-state index in [0.29, 0.717) is 0 Å². The number of aryl methyl sites for hydroxylation is 1. The molecule has 1 aromatic rings. The molecule has 0 aliphatic carbocycles. The third-order valence-electron chi connectivity index (χ3n) is 2.03. The van der Waals surface area contributed by atoms with Crippen LogP contribution >= 0.6 is 0 Å². The summed E-state index contributed by atoms with van der Waals surface area (Å²) in [7, 11) is 1.62. The van der Waals surface area contributed by atoms with Gasteiger partial charge in [0.15, 0.2) is 0 Å². The molecule has 0 amide bonds. The number of esters is 1. The van der Waals surface area contributed by atoms with Gasteiger partial charge in [0, 0.05) is 0 Å². The zero-order valence-electron chi connectivity index (χ0n) is 8.95. The van der Waals surface area contributed by atoms with Crippen LogP contribution in [0, 0.1) is 6.92 Å². The van der Waals surface area contributed by atoms with Gasteiger partial charge in [0.25, 0.3) is 0 Å². The van der Waals surface area contributed by atoms with Crippen LogP contribution in [-0.4, -0.2) is 19.6 Å². The molecule has 0 spiro atoms. The van der Waals surface area contributed by atoms with Crippen molar-refractivity contribution in [3.63, 3.8) is 0 Å². The van der Waals surface area contributed by atoms with Crippen LogP contribution in [0.15, 0.2) is 18.2 Å². The fourth-order valence-electron chi connectivity index (χ4n) is 1.25. The molecule has 0 aliphatic heterocycles. The minimum absolute atomic E-state index is 0.0882. The minimum Gasteiger partial charge on any atom is -0.496 e. The lowest BCUT2D eigenvalue weighted by molar-refractivity contribution is -0.143. The molecule has 0 saturated heterocycles. The SMILES string of the molecule is COc1ccc(COC(=O)CN)cc1C. The summed E-state index contributed by atoms with van der Waals surface area (Å²) in [6.45, 7) is 2.10. The van der Waals surface area contributed by atoms with Crippen LogP contribution in [0.5, 0.6) is 5.75 Å². The Labute approximate surface area is 89.0 Å². The lowest BCUT2D eigenvalue weighted by Gasteiger charge is -2.07. The number of nitrogens with two attached hydrogens (primary N) is 1. The van der Waals surface area contributed by atoms with E-state index in [-0.39, 0.29) is 13.2 Å². The Morgan fingerprint density at radius 1 is 1.47 bits per heavy atom. The molecular formula is C11H15NO3. The molecule has 4 nitrogen and oxygen atoms in total. The van der Waals surface area contributed by atoms with Crippen molar-refractivity contribution in [2.24, 2.45) is 5.73 Å². The normalized spacial score (nSPS) is 9.80. The zero-order chi connectivity index (χ0) is 11.3. The van der Waals surface area contributed by atoms with E-state index in [9.17, 15) is 4.79 Å². The number of ether oxygens (including phenoxy) is 2. The van der Waals surface area contributed by atoms with Gasteiger partial charge in [-0.15, -0.1) is 0 Å². The Kier molecular flexibility index (Phi) is 4.12. The molecule has 0 radical (unpaired) electrons. The van der Waals surface area contributed by atoms with Gasteiger partial charge in [0.2, 0.25) is 0 Å². The molecule has 1 rings (SSSR count). The van der Waals surface area contributed by atoms with Gasteiger partial charge in [-0.05, 0) is 30.2 Å². The van der Waals surface area contributed by atoms with Gasteiger partial charge < -0.3 is 15.2 Å². The Balaban J connectivity index is 2.63. The average molecular weight is 209 g/mol. The molecule has 0 saturated carbocycles. The van der Waals surface area contributed by atoms with Gasteiger partial charge in [-0.25, -0.2) is 0 Å². The molecule has 0 fully saturated rings. The molecule has 2 N–H and O–H groups in total. The molecule has 0 atom stereocenters. The summed E-state index contributed by atoms with van der Waals surface area (Å²) >= 11 is 0. The van der Waals surface area contributed by atoms with Crippen molar-refractivity contribution in [2.45, 2.75) is 13.5 Å². The topological polar surface area (TPSA) is 61.5 Å². The van der Waals surface area contributed by atoms with Gasteiger partial charge in [-0.2, -0.15) is 0 Å². The Hall–Kier alpha value is -1.55. The van der Waals surface area contributed by atoms with Crippen LogP contribution in [0.25, 0.3) is 0 Å². The molecule has 82 valence electrons. The van der Waals surface area contributed by atoms with Gasteiger partial charge in [0.1, 0.15) is 12.4 Å². The maximum absolute atomic E-state index is 10.8. The van der Waals surface area contributed by atoms with E-state index < -0.39 is 5.97 Å². The van der Waals surface area contributed by atoms with Crippen molar-refractivity contribution in [3.05, 3.63) is 29.3 Å². The van der Waals surface area contributed by atoms with E-state index in [0.717, 1.165) is 16.9 Å². The highest BCUT2D eigenvalue weighted by molar-refractivity contribution is 5.71. The predicted molar refractivity (Wildman–Crippen MR) is 56.6 cm³/mol. The fraction of sp³-hybridized carbons (Fsp3) is 0.364. The molecule has 0 aromatic heterocycles. The Bertz CT molecular complexity index is 350. The summed E-state index contributed by atoms with van der Waals surface area (Å²) in [5, 5.41) is 0. The molecule has 0 aliphatic rings. The molecule has 4 heteroatoms. The highest BCUT2D eigenvalue weighted by Crippen LogP contribution is 2.18. The van der Waals surface area contributed by atoms with Crippen LogP contribution in [0.1, 0.15) is 11.1 Å². The van der Waals surface area contributed by atoms with Crippen molar-refractivity contribution in [1.29, 1.82) is 0 Å². The first-order valence-electron chi connectivity index (χ1n) is 4.66. The quantitative estimate of drug-likeness (QED) is 0.752. The average Bonchev–Trinajstić information content (AvgIpc) is 2.26. The lowest BCUT2D eigenvalue weighted by Crippen LogP contribution is -2.16. The van der Waals surface area contributed by atoms with E-state index >= 15 is 0 Å². The first-order chi connectivity index (χ1) is 7.17. The summed E-state index contributed by atoms with van der Waals surface area (Å²) in [5.74, 6) is 0.423. The van der Waals surface area contributed by atoms with Gasteiger partial charge in [0.05, 0.1) is 13.7 Å². The summed E-state index contributed by atoms with van der Waals surface area (Å²) in [6, 6.07) is 5.62. The summed E-state index contributed by atoms with van der Waals surface area (Å²) in [5.41, 5.74) is 7.06. The third kappa shape index (κ3) is 3.25. The number of methoxy groups -OCH3 is 1. The highest BCUT2D eigenvalue weighted by Gasteiger charge is 2.02. The second-order valence-electron chi connectivity index (χ2n) is 3.17. The van der Waals surface area contributed by atoms with E-state index in [1.54, 1.807) is 7.11 Å². The largest absolute Gasteiger partial charge is 0.496 e. The number of rotatable bonds is 4. The standard InChI is InChI=1S/C11H15NO3/c1-8-5-9(3-4-10(8)14-2)7-15-11(13)6-12/h3-5H,6-7,12H2,1-2H3. The summed E-state index contributed by atoms with van der Waals surface area (Å²) in [6.07, 6.45) is 0. The number of benzene rings is 1. The zero-order valence-corrected chi connectivity index (χ0v) is 8.95. The number of carbonyl (C=O) groups is 1. The molecule has 15 heavy (non-hydrogen) atoms. The summed E-state index contributed by atoms with van der Waals surface area (Å²) < 4.78 is 10.0. The number of hydrogen-bond acceptors (Lipinski definition) is 4. The first kappa shape index (κ1) is 11.5. The molecular weight excluding hydrogens is 194 g/mol. The van der Waals surface area contributed by atoms with Crippen molar-refractivity contribution >= 4 is 5.97 Å². The van der Waals surface area contributed by atoms with Crippen molar-refractivity contribution in [1.82, 2.24) is 0 Å². The van der Waals surface area contributed by atoms with Crippen LogP contribution in [0.3, 0.4) is 0 Å². The molecule has 0 bridgehead atoms. The van der Waals surface area contributed by atoms with E-state index in [4.69, 9.17) is 15.2 Å². The van der Waals surface area contributed by atoms with E-state index in [2.05, 4.69) is 0 Å². The number of carbonyl (C=O) groups excluding carboxylic acids is 1. The fourth-order valence-corrected chi connectivity index (χ4v) is 1.25. The van der Waals surface area contributed by atoms with E-state index in [1.165, 1.54) is 0 Å². The van der Waals surface area contributed by atoms with Crippen molar-refractivity contribution in [2.75, 3.05) is 13.7 Å². The minimum atomic E-state index is -0.400. The summed E-state index contributed by atoms with van der Waals surface area (Å²) in [4.78, 5) is 10.8. The third-order valence-corrected chi connectivity index (χ3v) is 2.03. The maximum Gasteiger partial charge on any atom is 0.320 e. The van der Waals surface area contributed by atoms with Gasteiger partial charge in [-0.1, -0.05) is 6.07 Å². The van der Waals surface area contributed by atoms with Gasteiger partial charge in [-0.3, -0.25) is 4.79 Å². The van der Waals surface area contributed by atoms with Crippen LogP contribution < -0.4 is 10.5 Å². The van der Waals surface area contributed by atoms with Gasteiger partial charge >= 0.3 is 5.97 Å². The van der Waals surface area contributed by atoms with Crippen molar-refractivity contribution < 1.29 is 14.3 Å². The lowest BCUT2D eigenvalue weighted by atomic mass is 10.1. The molecule has 0 heterocycles. The Morgan fingerprint density at radius 2 is 2.20 bits per heavy atom. The monoisotopic (exact) mass is 209 g/mol. The first-order valence-corrected chi connectivity index (χ1v) is 4.66. The molecule has 0 unspecified atom stereocenters. The highest BCUT2D eigenvalue weighted by atomic mass is 16.5. The van der Waals surface area contributed by atoms with Crippen LogP contribution in [0.4, 0.5) is 0 Å². The van der Waals surface area contributed by atoms with Crippen LogP contribution in [-0.2, 0) is 16.1 Å². The second-order valence-corrected chi connectivity index (χ2v) is 3.17. The smallest absolute Gasteiger partial charge is 0.320 e. The maximum atomic E-state index is 10.8. The number of hydrogen-bond donors (Lipinski definition) is 1. The second kappa shape index (κ2) is 5.36. The predicted octanol–water partition coefficient (Wildman–Crippen LogP) is 1.01. The van der Waals surface area contributed by atoms with Crippen molar-refractivity contribution in [3.8, 4) is 5.75 Å². The molecule has 1 aromatic carbocycles. The Morgan fingerprint density at radius 3 is 2.73 bits per heavy atom. The van der Waals surface area contributed by atoms with E-state index in [1.807, 2.05) is 25.1 Å².